The summed E-state index contributed by atoms with van der Waals surface area (Å²) in [5, 5.41) is 91.0. The summed E-state index contributed by atoms with van der Waals surface area (Å²) < 4.78 is 2.53. The fourth-order valence-corrected chi connectivity index (χ4v) is 19.3. The highest BCUT2D eigenvalue weighted by Gasteiger charge is 2.28. The minimum Gasteiger partial charge on any atom is -0.227 e. The summed E-state index contributed by atoms with van der Waals surface area (Å²) in [7, 11) is 0. The largest absolute Gasteiger partial charge is 0.280 e. The number of thiophene rings is 9. The maximum absolute atomic E-state index is 9.33. The summed E-state index contributed by atoms with van der Waals surface area (Å²) in [5.41, 5.74) is 0.124. The van der Waals surface area contributed by atoms with Crippen molar-refractivity contribution in [3.8, 4) is 109 Å². The first-order valence-electron chi connectivity index (χ1n) is 24.7. The zero-order chi connectivity index (χ0) is 62.7. The predicted molar refractivity (Wildman–Crippen MR) is 357 cm³/mol. The minimum absolute atomic E-state index is 0.0600. The molecule has 14 nitrogen and oxygen atoms in total. The van der Waals surface area contributed by atoms with E-state index in [4.69, 9.17) is 68.4 Å². The third kappa shape index (κ3) is 15.2. The van der Waals surface area contributed by atoms with Gasteiger partial charge in [-0.15, -0.1) is 114 Å². The van der Waals surface area contributed by atoms with Crippen LogP contribution in [-0.2, 0) is 0 Å². The van der Waals surface area contributed by atoms with E-state index in [2.05, 4.69) is 43.6 Å². The first-order chi connectivity index (χ1) is 42.9. The molecule has 1 aliphatic heterocycles. The molecule has 412 valence electrons. The predicted octanol–water partition coefficient (Wildman–Crippen LogP) is 20.4. The molecule has 0 saturated carbocycles. The molecule has 2 atom stereocenters. The summed E-state index contributed by atoms with van der Waals surface area (Å²) in [6, 6.07) is 50.0. The number of fused-ring (bicyclic) bond motifs is 1. The molecule has 0 N–H and O–H groups in total. The summed E-state index contributed by atoms with van der Waals surface area (Å²) in [6.07, 6.45) is 8.66. The fourth-order valence-electron chi connectivity index (χ4n) is 7.92. The molecule has 0 aromatic carbocycles. The van der Waals surface area contributed by atoms with Gasteiger partial charge in [-0.2, -0.15) is 31.6 Å². The Hall–Kier alpha value is -10.8. The Morgan fingerprint density at radius 2 is 0.795 bits per heavy atom. The number of nitrogens with zero attached hydrogens (tertiary/aromatic N) is 14. The Labute approximate surface area is 545 Å². The Morgan fingerprint density at radius 1 is 0.386 bits per heavy atom. The quantitative estimate of drug-likeness (QED) is 0.0820. The van der Waals surface area contributed by atoms with Crippen LogP contribution in [-0.4, -0.2) is 5.25 Å². The van der Waals surface area contributed by atoms with Crippen LogP contribution in [0.2, 0.25) is 0 Å². The highest BCUT2D eigenvalue weighted by Crippen LogP contribution is 2.51. The van der Waals surface area contributed by atoms with E-state index in [-0.39, 0.29) is 50.3 Å². The second-order valence-electron chi connectivity index (χ2n) is 17.2. The fraction of sp³-hybridized carbons (Fsp3) is 0.0625. The average Bonchev–Trinajstić information content (AvgIpc) is 2.18. The van der Waals surface area contributed by atoms with Gasteiger partial charge in [-0.1, -0.05) is 0 Å². The third-order valence-electron chi connectivity index (χ3n) is 11.9. The van der Waals surface area contributed by atoms with E-state index in [0.29, 0.717) is 15.0 Å². The Morgan fingerprint density at radius 3 is 1.19 bits per heavy atom. The number of allylic oxidation sites excluding steroid dienone is 8. The van der Waals surface area contributed by atoms with Crippen LogP contribution in [0.3, 0.4) is 0 Å². The van der Waals surface area contributed by atoms with E-state index >= 15 is 0 Å². The normalized spacial score (nSPS) is 13.3. The number of hydrogen-bond acceptors (Lipinski definition) is 20. The molecule has 24 heteroatoms. The zero-order valence-corrected chi connectivity index (χ0v) is 52.6. The van der Waals surface area contributed by atoms with Gasteiger partial charge in [0.15, 0.2) is 0 Å². The lowest BCUT2D eigenvalue weighted by Crippen LogP contribution is -1.91. The van der Waals surface area contributed by atoms with Gasteiger partial charge in [0.1, 0.15) is 41.5 Å². The third-order valence-corrected chi connectivity index (χ3v) is 24.4. The standard InChI is InChI=1S/C22H6N6S3.C22H12N4S4.C20H8N4S3/c1-28-16(12-27)15(11-26)18-3-5-20(30-18)22-7-6-21(31-22)19-4-2-17(29-19)14(10-25)13(8-23)9-24;1-26-14(12-25)7-16-3-5-18(28-16)20-9-22-21(30-20)8-19(29-22)17-4-2-15(27-17)6-13(10-23)11-24;1-23-13(11-21)9-15-3-5-17(25-15)19-7-8-20(27-19)18-6-4-16(26-18)10-14(12-22)24-2/h2-7H;3,5-9,15,17H,2,4H2;3-10H/b16-15+;14-7+;13-9-,14-10+. The number of rotatable bonds is 12. The molecule has 9 aromatic rings. The van der Waals surface area contributed by atoms with Crippen LogP contribution in [0.4, 0.5) is 0 Å². The summed E-state index contributed by atoms with van der Waals surface area (Å²) >= 11 is 15.9. The summed E-state index contributed by atoms with van der Waals surface area (Å²) in [6.45, 7) is 28.0. The van der Waals surface area contributed by atoms with E-state index < -0.39 is 0 Å². The van der Waals surface area contributed by atoms with Crippen molar-refractivity contribution in [2.45, 2.75) is 23.3 Å². The van der Waals surface area contributed by atoms with Crippen LogP contribution < -0.4 is 0 Å². The molecule has 0 amide bonds. The van der Waals surface area contributed by atoms with Gasteiger partial charge in [0, 0.05) is 97.9 Å². The molecule has 10 heterocycles. The van der Waals surface area contributed by atoms with Crippen LogP contribution in [0.15, 0.2) is 137 Å². The first kappa shape index (κ1) is 63.2. The van der Waals surface area contributed by atoms with Gasteiger partial charge >= 0.3 is 0 Å². The van der Waals surface area contributed by atoms with E-state index in [0.717, 1.165) is 71.4 Å². The number of hydrogen-bond donors (Lipinski definition) is 0. The Balaban J connectivity index is 0.000000171. The lowest BCUT2D eigenvalue weighted by Gasteiger charge is -2.06. The molecule has 1 saturated heterocycles. The van der Waals surface area contributed by atoms with E-state index in [1.807, 2.05) is 126 Å². The molecular weight excluding hydrogens is 1290 g/mol. The van der Waals surface area contributed by atoms with Gasteiger partial charge in [0.2, 0.25) is 0 Å². The second-order valence-corrected chi connectivity index (χ2v) is 28.5. The van der Waals surface area contributed by atoms with Crippen molar-refractivity contribution < 1.29 is 0 Å². The maximum atomic E-state index is 9.33. The van der Waals surface area contributed by atoms with E-state index in [1.54, 1.807) is 88.7 Å². The molecule has 0 aliphatic carbocycles. The van der Waals surface area contributed by atoms with Crippen LogP contribution in [0.1, 0.15) is 47.4 Å². The first-order valence-corrected chi connectivity index (χ1v) is 33.0. The molecular formula is C64H26N14S10. The Kier molecular flexibility index (Phi) is 21.8. The maximum Gasteiger partial charge on any atom is 0.280 e. The monoisotopic (exact) mass is 1310 g/mol. The van der Waals surface area contributed by atoms with Crippen LogP contribution in [0.5, 0.6) is 0 Å². The zero-order valence-electron chi connectivity index (χ0n) is 44.5. The number of nitriles is 10. The molecule has 0 spiro atoms. The van der Waals surface area contributed by atoms with E-state index in [9.17, 15) is 10.5 Å². The molecule has 0 radical (unpaired) electrons. The van der Waals surface area contributed by atoms with Crippen molar-refractivity contribution in [3.63, 3.8) is 0 Å². The van der Waals surface area contributed by atoms with Crippen molar-refractivity contribution in [2.24, 2.45) is 0 Å². The van der Waals surface area contributed by atoms with Gasteiger partial charge in [-0.05, 0) is 134 Å². The summed E-state index contributed by atoms with van der Waals surface area (Å²) in [5.74, 6) is 0. The van der Waals surface area contributed by atoms with Crippen molar-refractivity contribution >= 4 is 153 Å². The highest BCUT2D eigenvalue weighted by molar-refractivity contribution is 8.00. The topological polar surface area (TPSA) is 255 Å². The van der Waals surface area contributed by atoms with Crippen LogP contribution in [0.25, 0.3) is 107 Å². The van der Waals surface area contributed by atoms with Gasteiger partial charge in [-0.3, -0.25) is 0 Å². The summed E-state index contributed by atoms with van der Waals surface area (Å²) in [4.78, 5) is 28.2. The lowest BCUT2D eigenvalue weighted by molar-refractivity contribution is 0.802. The molecule has 10 rings (SSSR count). The average molecular weight is 1310 g/mol. The molecule has 88 heavy (non-hydrogen) atoms. The molecule has 1 aliphatic rings. The smallest absolute Gasteiger partial charge is 0.227 e. The van der Waals surface area contributed by atoms with Crippen LogP contribution in [0, 0.1) is 140 Å². The van der Waals surface area contributed by atoms with Crippen molar-refractivity contribution in [1.82, 2.24) is 0 Å². The van der Waals surface area contributed by atoms with Crippen molar-refractivity contribution in [2.75, 3.05) is 0 Å². The Bertz CT molecular complexity index is 4730. The SMILES string of the molecule is [C-]#[N+]/C(C#N)=C(\C#N)c1ccc(-c2ccc(-c3ccc(C(C#N)=C(C#N)C#N)s3)s2)s1.[C-]#[N+]/C(C#N)=C/c1ccc(-c2cc3sc(C4CCC(C=C(C#N)C#N)S4)cc3s2)s1.[C-]#[N+]/C(C#N)=C\c1ccc(-c2ccc(-c3ccc(/C=C(\C#N)[N+]#[C-])s3)s2)s1. The van der Waals surface area contributed by atoms with Gasteiger partial charge in [0.25, 0.3) is 22.8 Å². The molecule has 2 unspecified atom stereocenters. The van der Waals surface area contributed by atoms with Crippen LogP contribution >= 0.6 is 114 Å². The van der Waals surface area contributed by atoms with Gasteiger partial charge in [-0.25, -0.2) is 40.4 Å². The second kappa shape index (κ2) is 30.3. The molecule has 1 fully saturated rings. The molecule has 0 bridgehead atoms. The van der Waals surface area contributed by atoms with Crippen molar-refractivity contribution in [1.29, 1.82) is 52.6 Å². The lowest BCUT2D eigenvalue weighted by atomic mass is 10.1. The van der Waals surface area contributed by atoms with Gasteiger partial charge in [0.05, 0.1) is 67.8 Å². The minimum atomic E-state index is -0.232. The van der Waals surface area contributed by atoms with Crippen molar-refractivity contribution in [3.05, 3.63) is 212 Å². The molecule has 9 aromatic heterocycles. The van der Waals surface area contributed by atoms with E-state index in [1.165, 1.54) is 75.8 Å². The van der Waals surface area contributed by atoms with Gasteiger partial charge < -0.3 is 0 Å². The highest BCUT2D eigenvalue weighted by atomic mass is 32.2. The number of thioether (sulfide) groups is 1.